The molecule has 0 spiro atoms. The van der Waals surface area contributed by atoms with Crippen LogP contribution in [-0.4, -0.2) is 51.4 Å². The normalized spacial score (nSPS) is 11.2. The molecule has 166 valence electrons. The molecule has 0 saturated carbocycles. The van der Waals surface area contributed by atoms with Crippen LogP contribution < -0.4 is 10.1 Å². The van der Waals surface area contributed by atoms with Crippen LogP contribution in [0.3, 0.4) is 0 Å². The van der Waals surface area contributed by atoms with Gasteiger partial charge in [-0.05, 0) is 46.2 Å². The summed E-state index contributed by atoms with van der Waals surface area (Å²) in [5, 5.41) is 31.3. The fraction of sp³-hybridized carbons (Fsp3) is 0.150. The smallest absolute Gasteiger partial charge is 0.335 e. The molecule has 3 N–H and O–H groups in total. The number of hydrogen-bond donors (Lipinski definition) is 3. The SMILES string of the molecule is O=C(O)c1cccc(C(=O)NCCOc2nonc2C(Cc2ccc(F)c(Cl)c2)=NO)c1. The van der Waals surface area contributed by atoms with Crippen molar-refractivity contribution in [2.75, 3.05) is 13.2 Å². The zero-order valence-corrected chi connectivity index (χ0v) is 17.0. The maximum Gasteiger partial charge on any atom is 0.335 e. The number of hydrogen-bond acceptors (Lipinski definition) is 8. The minimum atomic E-state index is -1.14. The molecule has 10 nitrogen and oxygen atoms in total. The number of carboxylic acids is 1. The molecule has 1 aromatic heterocycles. The first-order valence-corrected chi connectivity index (χ1v) is 9.49. The van der Waals surface area contributed by atoms with Crippen molar-refractivity contribution in [3.63, 3.8) is 0 Å². The molecule has 0 aliphatic carbocycles. The number of aromatic nitrogens is 2. The fourth-order valence-electron chi connectivity index (χ4n) is 2.67. The van der Waals surface area contributed by atoms with Crippen molar-refractivity contribution in [3.05, 3.63) is 75.7 Å². The van der Waals surface area contributed by atoms with Crippen LogP contribution in [0, 0.1) is 5.82 Å². The van der Waals surface area contributed by atoms with E-state index in [2.05, 4.69) is 25.4 Å². The van der Waals surface area contributed by atoms with Gasteiger partial charge in [0.2, 0.25) is 0 Å². The summed E-state index contributed by atoms with van der Waals surface area (Å²) in [6, 6.07) is 9.60. The summed E-state index contributed by atoms with van der Waals surface area (Å²) in [6.07, 6.45) is 0.0394. The molecule has 3 rings (SSSR count). The number of amides is 1. The van der Waals surface area contributed by atoms with Gasteiger partial charge in [0.1, 0.15) is 18.1 Å². The third-order valence-electron chi connectivity index (χ3n) is 4.21. The molecular weight excluding hydrogens is 447 g/mol. The summed E-state index contributed by atoms with van der Waals surface area (Å²) in [5.41, 5.74) is 0.785. The molecule has 0 aliphatic heterocycles. The number of ether oxygens (including phenoxy) is 1. The first kappa shape index (κ1) is 22.7. The van der Waals surface area contributed by atoms with E-state index < -0.39 is 17.7 Å². The highest BCUT2D eigenvalue weighted by molar-refractivity contribution is 6.30. The minimum absolute atomic E-state index is 0.00882. The molecule has 0 fully saturated rings. The molecule has 12 heteroatoms. The van der Waals surface area contributed by atoms with Crippen LogP contribution in [0.4, 0.5) is 4.39 Å². The topological polar surface area (TPSA) is 147 Å². The predicted molar refractivity (Wildman–Crippen MR) is 109 cm³/mol. The van der Waals surface area contributed by atoms with Crippen molar-refractivity contribution in [1.29, 1.82) is 0 Å². The molecule has 1 amide bonds. The minimum Gasteiger partial charge on any atom is -0.478 e. The number of rotatable bonds is 9. The first-order valence-electron chi connectivity index (χ1n) is 9.11. The summed E-state index contributed by atoms with van der Waals surface area (Å²) in [5.74, 6) is -2.28. The molecule has 0 atom stereocenters. The monoisotopic (exact) mass is 462 g/mol. The molecule has 2 aromatic carbocycles. The highest BCUT2D eigenvalue weighted by atomic mass is 35.5. The highest BCUT2D eigenvalue weighted by Crippen LogP contribution is 2.20. The van der Waals surface area contributed by atoms with Gasteiger partial charge in [-0.3, -0.25) is 4.79 Å². The van der Waals surface area contributed by atoms with Gasteiger partial charge in [-0.1, -0.05) is 28.9 Å². The van der Waals surface area contributed by atoms with Crippen LogP contribution in [0.25, 0.3) is 0 Å². The number of carboxylic acid groups (broad SMARTS) is 1. The van der Waals surface area contributed by atoms with E-state index in [-0.39, 0.29) is 53.0 Å². The van der Waals surface area contributed by atoms with Gasteiger partial charge in [0.25, 0.3) is 11.8 Å². The molecule has 0 radical (unpaired) electrons. The Kier molecular flexibility index (Phi) is 7.34. The van der Waals surface area contributed by atoms with Crippen molar-refractivity contribution in [2.24, 2.45) is 5.16 Å². The van der Waals surface area contributed by atoms with E-state index in [1.165, 1.54) is 42.5 Å². The molecule has 0 aliphatic rings. The third kappa shape index (κ3) is 5.58. The Bertz CT molecular complexity index is 1170. The van der Waals surface area contributed by atoms with Gasteiger partial charge in [-0.2, -0.15) is 0 Å². The number of nitrogens with one attached hydrogen (secondary N) is 1. The fourth-order valence-corrected chi connectivity index (χ4v) is 2.87. The summed E-state index contributed by atoms with van der Waals surface area (Å²) >= 11 is 5.76. The zero-order valence-electron chi connectivity index (χ0n) is 16.3. The standard InChI is InChI=1S/C20H16ClFN4O6/c21-14-8-11(4-5-15(14)22)9-16(24-30)17-19(26-32-25-17)31-7-6-23-18(27)12-2-1-3-13(10-12)20(28)29/h1-5,8,10,30H,6-7,9H2,(H,23,27)(H,28,29). The maximum atomic E-state index is 13.3. The van der Waals surface area contributed by atoms with Crippen LogP contribution in [0.15, 0.2) is 52.2 Å². The Morgan fingerprint density at radius 1 is 1.19 bits per heavy atom. The highest BCUT2D eigenvalue weighted by Gasteiger charge is 2.20. The number of nitrogens with zero attached hydrogens (tertiary/aromatic N) is 3. The first-order chi connectivity index (χ1) is 15.4. The average molecular weight is 463 g/mol. The second-order valence-electron chi connectivity index (χ2n) is 6.38. The van der Waals surface area contributed by atoms with E-state index in [4.69, 9.17) is 21.4 Å². The number of benzene rings is 2. The van der Waals surface area contributed by atoms with Crippen LogP contribution in [0.5, 0.6) is 5.88 Å². The lowest BCUT2D eigenvalue weighted by atomic mass is 10.1. The predicted octanol–water partition coefficient (Wildman–Crippen LogP) is 2.79. The van der Waals surface area contributed by atoms with E-state index in [1.54, 1.807) is 0 Å². The number of oxime groups is 1. The Morgan fingerprint density at radius 3 is 2.69 bits per heavy atom. The number of carbonyl (C=O) groups excluding carboxylic acids is 1. The summed E-state index contributed by atoms with van der Waals surface area (Å²) in [7, 11) is 0. The van der Waals surface area contributed by atoms with Gasteiger partial charge in [-0.15, -0.1) is 0 Å². The molecule has 3 aromatic rings. The average Bonchev–Trinajstić information content (AvgIpc) is 3.25. The third-order valence-corrected chi connectivity index (χ3v) is 4.50. The van der Waals surface area contributed by atoms with Crippen LogP contribution in [0.1, 0.15) is 32.0 Å². The molecule has 32 heavy (non-hydrogen) atoms. The van der Waals surface area contributed by atoms with Crippen molar-refractivity contribution in [1.82, 2.24) is 15.6 Å². The zero-order chi connectivity index (χ0) is 23.1. The van der Waals surface area contributed by atoms with Crippen molar-refractivity contribution >= 4 is 29.2 Å². The van der Waals surface area contributed by atoms with Crippen LogP contribution in [0.2, 0.25) is 5.02 Å². The van der Waals surface area contributed by atoms with E-state index in [0.29, 0.717) is 5.56 Å². The molecule has 1 heterocycles. The van der Waals surface area contributed by atoms with Gasteiger partial charge < -0.3 is 20.4 Å². The molecule has 0 bridgehead atoms. The van der Waals surface area contributed by atoms with Crippen LogP contribution >= 0.6 is 11.6 Å². The van der Waals surface area contributed by atoms with Gasteiger partial charge >= 0.3 is 5.97 Å². The molecular formula is C20H16ClFN4O6. The quantitative estimate of drug-likeness (QED) is 0.190. The van der Waals surface area contributed by atoms with E-state index in [0.717, 1.165) is 0 Å². The Labute approximate surface area is 185 Å². The van der Waals surface area contributed by atoms with Gasteiger partial charge in [0.05, 0.1) is 17.1 Å². The summed E-state index contributed by atoms with van der Waals surface area (Å²) in [6.45, 7) is 0.0221. The van der Waals surface area contributed by atoms with E-state index in [9.17, 15) is 19.2 Å². The lowest BCUT2D eigenvalue weighted by Crippen LogP contribution is -2.28. The van der Waals surface area contributed by atoms with E-state index >= 15 is 0 Å². The van der Waals surface area contributed by atoms with Crippen molar-refractivity contribution in [2.45, 2.75) is 6.42 Å². The van der Waals surface area contributed by atoms with Gasteiger partial charge in [-0.25, -0.2) is 13.8 Å². The van der Waals surface area contributed by atoms with Crippen LogP contribution in [-0.2, 0) is 6.42 Å². The summed E-state index contributed by atoms with van der Waals surface area (Å²) < 4.78 is 23.4. The lowest BCUT2D eigenvalue weighted by molar-refractivity contribution is 0.0697. The second-order valence-corrected chi connectivity index (χ2v) is 6.79. The van der Waals surface area contributed by atoms with Crippen molar-refractivity contribution in [3.8, 4) is 5.88 Å². The second kappa shape index (κ2) is 10.4. The largest absolute Gasteiger partial charge is 0.478 e. The number of aromatic carboxylic acids is 1. The van der Waals surface area contributed by atoms with Gasteiger partial charge in [0, 0.05) is 12.0 Å². The number of halogens is 2. The molecule has 0 unspecified atom stereocenters. The van der Waals surface area contributed by atoms with E-state index in [1.807, 2.05) is 0 Å². The molecule has 0 saturated heterocycles. The number of carbonyl (C=O) groups is 2. The Morgan fingerprint density at radius 2 is 1.97 bits per heavy atom. The van der Waals surface area contributed by atoms with Gasteiger partial charge in [0.15, 0.2) is 5.69 Å². The maximum absolute atomic E-state index is 13.3. The lowest BCUT2D eigenvalue weighted by Gasteiger charge is -2.08. The Balaban J connectivity index is 1.57. The summed E-state index contributed by atoms with van der Waals surface area (Å²) in [4.78, 5) is 23.2. The Hall–Kier alpha value is -3.99. The van der Waals surface area contributed by atoms with Crippen molar-refractivity contribution < 1.29 is 33.7 Å².